The van der Waals surface area contributed by atoms with Gasteiger partial charge in [-0.1, -0.05) is 0 Å². The Bertz CT molecular complexity index is 135. The normalized spacial score (nSPS) is 28.3. The zero-order chi connectivity index (χ0) is 10.4. The summed E-state index contributed by atoms with van der Waals surface area (Å²) in [5, 5.41) is 9.39. The van der Waals surface area contributed by atoms with E-state index >= 15 is 0 Å². The van der Waals surface area contributed by atoms with Crippen LogP contribution in [0.2, 0.25) is 0 Å². The molecule has 0 aromatic heterocycles. The van der Waals surface area contributed by atoms with Gasteiger partial charge in [0.1, 0.15) is 0 Å². The summed E-state index contributed by atoms with van der Waals surface area (Å²) in [7, 11) is 0. The highest BCUT2D eigenvalue weighted by Crippen LogP contribution is 2.28. The molecule has 0 unspecified atom stereocenters. The van der Waals surface area contributed by atoms with Gasteiger partial charge in [-0.15, -0.1) is 0 Å². The molecule has 14 heavy (non-hydrogen) atoms. The first kappa shape index (κ1) is 12.0. The first-order chi connectivity index (χ1) is 6.77. The summed E-state index contributed by atoms with van der Waals surface area (Å²) in [6.45, 7) is 5.38. The summed E-state index contributed by atoms with van der Waals surface area (Å²) in [6.07, 6.45) is 3.66. The molecule has 1 fully saturated rings. The highest BCUT2D eigenvalue weighted by molar-refractivity contribution is 4.73. The molecule has 1 saturated carbocycles. The third kappa shape index (κ3) is 3.56. The predicted molar refractivity (Wildman–Crippen MR) is 55.0 cm³/mol. The molecule has 0 aromatic rings. The number of hydrogen-bond donors (Lipinski definition) is 1. The van der Waals surface area contributed by atoms with Gasteiger partial charge in [0.25, 0.3) is 0 Å². The summed E-state index contributed by atoms with van der Waals surface area (Å²) >= 11 is 0. The lowest BCUT2D eigenvalue weighted by Crippen LogP contribution is -2.32. The molecule has 0 aromatic carbocycles. The van der Waals surface area contributed by atoms with Crippen LogP contribution in [0.5, 0.6) is 0 Å². The van der Waals surface area contributed by atoms with Crippen molar-refractivity contribution in [2.75, 3.05) is 13.2 Å². The summed E-state index contributed by atoms with van der Waals surface area (Å²) in [5.41, 5.74) is 0. The Morgan fingerprint density at radius 2 is 1.57 bits per heavy atom. The molecule has 0 spiro atoms. The SMILES string of the molecule is CCOC(OCC)C1CCC(O)CC1. The Balaban J connectivity index is 2.34. The molecule has 0 heterocycles. The Hall–Kier alpha value is -0.120. The molecular formula is C11H22O3. The van der Waals surface area contributed by atoms with Crippen molar-refractivity contribution < 1.29 is 14.6 Å². The number of rotatable bonds is 5. The van der Waals surface area contributed by atoms with Gasteiger partial charge in [0, 0.05) is 19.1 Å². The molecule has 0 atom stereocenters. The molecule has 0 bridgehead atoms. The van der Waals surface area contributed by atoms with Gasteiger partial charge in [0.05, 0.1) is 6.10 Å². The van der Waals surface area contributed by atoms with Gasteiger partial charge in [-0.3, -0.25) is 0 Å². The first-order valence-electron chi connectivity index (χ1n) is 5.69. The Labute approximate surface area is 86.4 Å². The van der Waals surface area contributed by atoms with Gasteiger partial charge in [-0.05, 0) is 39.5 Å². The van der Waals surface area contributed by atoms with Crippen molar-refractivity contribution in [2.45, 2.75) is 51.9 Å². The molecule has 0 amide bonds. The molecule has 84 valence electrons. The predicted octanol–water partition coefficient (Wildman–Crippen LogP) is 1.94. The zero-order valence-electron chi connectivity index (χ0n) is 9.24. The van der Waals surface area contributed by atoms with E-state index < -0.39 is 0 Å². The summed E-state index contributed by atoms with van der Waals surface area (Å²) in [5.74, 6) is 0.471. The monoisotopic (exact) mass is 202 g/mol. The fraction of sp³-hybridized carbons (Fsp3) is 1.00. The number of aliphatic hydroxyl groups is 1. The van der Waals surface area contributed by atoms with E-state index in [4.69, 9.17) is 9.47 Å². The van der Waals surface area contributed by atoms with E-state index in [1.165, 1.54) is 0 Å². The first-order valence-corrected chi connectivity index (χ1v) is 5.69. The van der Waals surface area contributed by atoms with Crippen molar-refractivity contribution in [3.05, 3.63) is 0 Å². The Kier molecular flexibility index (Phi) is 5.45. The van der Waals surface area contributed by atoms with Gasteiger partial charge in [0.2, 0.25) is 0 Å². The van der Waals surface area contributed by atoms with Crippen LogP contribution in [0, 0.1) is 5.92 Å². The third-order valence-electron chi connectivity index (χ3n) is 2.79. The van der Waals surface area contributed by atoms with Crippen LogP contribution in [-0.2, 0) is 9.47 Å². The Morgan fingerprint density at radius 3 is 2.00 bits per heavy atom. The maximum Gasteiger partial charge on any atom is 0.160 e. The average molecular weight is 202 g/mol. The molecule has 0 saturated heterocycles. The number of ether oxygens (including phenoxy) is 2. The molecule has 0 aliphatic heterocycles. The van der Waals surface area contributed by atoms with Crippen molar-refractivity contribution >= 4 is 0 Å². The van der Waals surface area contributed by atoms with E-state index in [0.717, 1.165) is 25.7 Å². The van der Waals surface area contributed by atoms with Crippen molar-refractivity contribution in [2.24, 2.45) is 5.92 Å². The second kappa shape index (κ2) is 6.38. The lowest BCUT2D eigenvalue weighted by molar-refractivity contribution is -0.175. The largest absolute Gasteiger partial charge is 0.393 e. The molecule has 3 nitrogen and oxygen atoms in total. The number of hydrogen-bond acceptors (Lipinski definition) is 3. The van der Waals surface area contributed by atoms with Crippen molar-refractivity contribution in [3.8, 4) is 0 Å². The number of aliphatic hydroxyl groups excluding tert-OH is 1. The van der Waals surface area contributed by atoms with Crippen LogP contribution < -0.4 is 0 Å². The fourth-order valence-corrected chi connectivity index (χ4v) is 2.02. The van der Waals surface area contributed by atoms with Gasteiger partial charge in [0.15, 0.2) is 6.29 Å². The minimum absolute atomic E-state index is 0.0579. The zero-order valence-corrected chi connectivity index (χ0v) is 9.24. The van der Waals surface area contributed by atoms with Gasteiger partial charge in [-0.2, -0.15) is 0 Å². The average Bonchev–Trinajstić information content (AvgIpc) is 2.19. The molecule has 1 aliphatic rings. The van der Waals surface area contributed by atoms with Crippen LogP contribution in [0.3, 0.4) is 0 Å². The van der Waals surface area contributed by atoms with Crippen LogP contribution in [0.4, 0.5) is 0 Å². The molecule has 3 heteroatoms. The van der Waals surface area contributed by atoms with E-state index in [1.54, 1.807) is 0 Å². The second-order valence-corrected chi connectivity index (χ2v) is 3.85. The van der Waals surface area contributed by atoms with E-state index in [2.05, 4.69) is 0 Å². The van der Waals surface area contributed by atoms with Crippen LogP contribution >= 0.6 is 0 Å². The van der Waals surface area contributed by atoms with Gasteiger partial charge < -0.3 is 14.6 Å². The van der Waals surface area contributed by atoms with Crippen LogP contribution in [0.15, 0.2) is 0 Å². The van der Waals surface area contributed by atoms with Crippen molar-refractivity contribution in [1.29, 1.82) is 0 Å². The summed E-state index contributed by atoms with van der Waals surface area (Å²) < 4.78 is 11.1. The minimum Gasteiger partial charge on any atom is -0.393 e. The minimum atomic E-state index is -0.102. The van der Waals surface area contributed by atoms with Crippen LogP contribution in [-0.4, -0.2) is 30.7 Å². The van der Waals surface area contributed by atoms with Crippen molar-refractivity contribution in [3.63, 3.8) is 0 Å². The smallest absolute Gasteiger partial charge is 0.160 e. The van der Waals surface area contributed by atoms with Crippen molar-refractivity contribution in [1.82, 2.24) is 0 Å². The van der Waals surface area contributed by atoms with E-state index in [9.17, 15) is 5.11 Å². The molecule has 1 N–H and O–H groups in total. The topological polar surface area (TPSA) is 38.7 Å². The highest BCUT2D eigenvalue weighted by atomic mass is 16.7. The summed E-state index contributed by atoms with van der Waals surface area (Å²) in [4.78, 5) is 0. The van der Waals surface area contributed by atoms with Gasteiger partial charge in [-0.25, -0.2) is 0 Å². The lowest BCUT2D eigenvalue weighted by atomic mass is 9.87. The maximum atomic E-state index is 9.39. The molecular weight excluding hydrogens is 180 g/mol. The highest BCUT2D eigenvalue weighted by Gasteiger charge is 2.27. The fourth-order valence-electron chi connectivity index (χ4n) is 2.02. The van der Waals surface area contributed by atoms with Gasteiger partial charge >= 0.3 is 0 Å². The molecule has 1 aliphatic carbocycles. The standard InChI is InChI=1S/C11H22O3/c1-3-13-11(14-4-2)9-5-7-10(12)8-6-9/h9-12H,3-8H2,1-2H3. The second-order valence-electron chi connectivity index (χ2n) is 3.85. The molecule has 1 rings (SSSR count). The van der Waals surface area contributed by atoms with Crippen LogP contribution in [0.25, 0.3) is 0 Å². The van der Waals surface area contributed by atoms with E-state index in [0.29, 0.717) is 19.1 Å². The lowest BCUT2D eigenvalue weighted by Gasteiger charge is -2.31. The quantitative estimate of drug-likeness (QED) is 0.692. The van der Waals surface area contributed by atoms with Crippen LogP contribution in [0.1, 0.15) is 39.5 Å². The molecule has 0 radical (unpaired) electrons. The van der Waals surface area contributed by atoms with E-state index in [1.807, 2.05) is 13.8 Å². The maximum absolute atomic E-state index is 9.39. The van der Waals surface area contributed by atoms with E-state index in [-0.39, 0.29) is 12.4 Å². The third-order valence-corrected chi connectivity index (χ3v) is 2.79. The summed E-state index contributed by atoms with van der Waals surface area (Å²) in [6, 6.07) is 0. The Morgan fingerprint density at radius 1 is 1.07 bits per heavy atom.